The van der Waals surface area contributed by atoms with Crippen molar-refractivity contribution in [1.82, 2.24) is 0 Å². The number of esters is 1. The van der Waals surface area contributed by atoms with Crippen LogP contribution >= 0.6 is 0 Å². The first-order chi connectivity index (χ1) is 8.15. The lowest BCUT2D eigenvalue weighted by Crippen LogP contribution is -2.15. The van der Waals surface area contributed by atoms with Crippen LogP contribution in [0.2, 0.25) is 0 Å². The zero-order valence-electron chi connectivity index (χ0n) is 10.4. The summed E-state index contributed by atoms with van der Waals surface area (Å²) in [6, 6.07) is 7.63. The molecule has 4 nitrogen and oxygen atoms in total. The predicted molar refractivity (Wildman–Crippen MR) is 63.9 cm³/mol. The van der Waals surface area contributed by atoms with Gasteiger partial charge in [0.25, 0.3) is 0 Å². The molecule has 0 saturated carbocycles. The summed E-state index contributed by atoms with van der Waals surface area (Å²) < 4.78 is 15.2. The molecule has 0 bridgehead atoms. The summed E-state index contributed by atoms with van der Waals surface area (Å²) in [7, 11) is 3.00. The Balaban J connectivity index is 2.36. The number of methoxy groups -OCH3 is 2. The topological polar surface area (TPSA) is 44.8 Å². The quantitative estimate of drug-likeness (QED) is 0.712. The third kappa shape index (κ3) is 4.87. The summed E-state index contributed by atoms with van der Waals surface area (Å²) in [6.45, 7) is 2.32. The van der Waals surface area contributed by atoms with Crippen LogP contribution < -0.4 is 4.74 Å². The monoisotopic (exact) mass is 238 g/mol. The lowest BCUT2D eigenvalue weighted by molar-refractivity contribution is -0.143. The minimum Gasteiger partial charge on any atom is -0.497 e. The van der Waals surface area contributed by atoms with Crippen LogP contribution in [0.25, 0.3) is 0 Å². The molecule has 0 aliphatic rings. The molecule has 1 aromatic rings. The molecule has 94 valence electrons. The maximum Gasteiger partial charge on any atom is 0.308 e. The summed E-state index contributed by atoms with van der Waals surface area (Å²) in [5.74, 6) is 0.559. The van der Waals surface area contributed by atoms with Crippen molar-refractivity contribution in [2.75, 3.05) is 14.2 Å². The minimum absolute atomic E-state index is 0.149. The van der Waals surface area contributed by atoms with E-state index >= 15 is 0 Å². The van der Waals surface area contributed by atoms with Gasteiger partial charge in [0.05, 0.1) is 33.4 Å². The van der Waals surface area contributed by atoms with Gasteiger partial charge in [-0.3, -0.25) is 4.79 Å². The Bertz CT molecular complexity index is 345. The van der Waals surface area contributed by atoms with E-state index in [1.807, 2.05) is 31.2 Å². The number of rotatable bonds is 6. The highest BCUT2D eigenvalue weighted by molar-refractivity contribution is 5.69. The Labute approximate surface area is 101 Å². The zero-order valence-corrected chi connectivity index (χ0v) is 10.4. The molecule has 0 spiro atoms. The van der Waals surface area contributed by atoms with Crippen LogP contribution in [0.3, 0.4) is 0 Å². The molecular weight excluding hydrogens is 220 g/mol. The van der Waals surface area contributed by atoms with Crippen LogP contribution in [-0.2, 0) is 20.9 Å². The largest absolute Gasteiger partial charge is 0.497 e. The summed E-state index contributed by atoms with van der Waals surface area (Å²) in [5.41, 5.74) is 1.04. The first kappa shape index (κ1) is 13.5. The van der Waals surface area contributed by atoms with Crippen LogP contribution in [-0.4, -0.2) is 26.3 Å². The summed E-state index contributed by atoms with van der Waals surface area (Å²) in [4.78, 5) is 11.0. The fourth-order valence-electron chi connectivity index (χ4n) is 1.34. The van der Waals surface area contributed by atoms with Gasteiger partial charge in [0, 0.05) is 0 Å². The van der Waals surface area contributed by atoms with Gasteiger partial charge in [-0.1, -0.05) is 12.1 Å². The van der Waals surface area contributed by atoms with Gasteiger partial charge in [0.2, 0.25) is 0 Å². The Morgan fingerprint density at radius 1 is 1.24 bits per heavy atom. The number of carbonyl (C=O) groups is 1. The molecule has 0 heterocycles. The number of carbonyl (C=O) groups excluding carboxylic acids is 1. The molecule has 0 saturated heterocycles. The van der Waals surface area contributed by atoms with Gasteiger partial charge >= 0.3 is 5.97 Å². The molecule has 1 aromatic carbocycles. The maximum absolute atomic E-state index is 11.0. The van der Waals surface area contributed by atoms with E-state index < -0.39 is 0 Å². The number of hydrogen-bond acceptors (Lipinski definition) is 4. The van der Waals surface area contributed by atoms with Crippen molar-refractivity contribution in [3.63, 3.8) is 0 Å². The Morgan fingerprint density at radius 3 is 2.41 bits per heavy atom. The molecule has 17 heavy (non-hydrogen) atoms. The molecule has 0 aromatic heterocycles. The lowest BCUT2D eigenvalue weighted by Gasteiger charge is -2.11. The number of benzene rings is 1. The van der Waals surface area contributed by atoms with Crippen LogP contribution in [0.15, 0.2) is 24.3 Å². The second kappa shape index (κ2) is 6.91. The van der Waals surface area contributed by atoms with E-state index in [4.69, 9.17) is 9.47 Å². The molecule has 4 heteroatoms. The van der Waals surface area contributed by atoms with Gasteiger partial charge in [-0.05, 0) is 24.6 Å². The summed E-state index contributed by atoms with van der Waals surface area (Å²) in [5, 5.41) is 0. The highest BCUT2D eigenvalue weighted by atomic mass is 16.5. The smallest absolute Gasteiger partial charge is 0.308 e. The second-order valence-corrected chi connectivity index (χ2v) is 3.75. The average Bonchev–Trinajstić information content (AvgIpc) is 2.36. The van der Waals surface area contributed by atoms with Gasteiger partial charge in [0.1, 0.15) is 5.75 Å². The molecule has 0 fully saturated rings. The minimum atomic E-state index is -0.257. The summed E-state index contributed by atoms with van der Waals surface area (Å²) >= 11 is 0. The van der Waals surface area contributed by atoms with Crippen LogP contribution in [0.5, 0.6) is 5.75 Å². The van der Waals surface area contributed by atoms with Crippen molar-refractivity contribution in [3.05, 3.63) is 29.8 Å². The molecule has 0 aliphatic carbocycles. The lowest BCUT2D eigenvalue weighted by atomic mass is 10.2. The number of ether oxygens (including phenoxy) is 3. The van der Waals surface area contributed by atoms with E-state index in [0.29, 0.717) is 6.61 Å². The molecule has 0 aliphatic heterocycles. The van der Waals surface area contributed by atoms with E-state index in [1.54, 1.807) is 7.11 Å². The molecule has 0 N–H and O–H groups in total. The van der Waals surface area contributed by atoms with Crippen LogP contribution in [0, 0.1) is 0 Å². The van der Waals surface area contributed by atoms with Gasteiger partial charge in [-0.15, -0.1) is 0 Å². The second-order valence-electron chi connectivity index (χ2n) is 3.75. The highest BCUT2D eigenvalue weighted by Gasteiger charge is 2.09. The molecule has 0 radical (unpaired) electrons. The Hall–Kier alpha value is -1.55. The fourth-order valence-corrected chi connectivity index (χ4v) is 1.34. The van der Waals surface area contributed by atoms with Gasteiger partial charge in [-0.25, -0.2) is 0 Å². The van der Waals surface area contributed by atoms with Gasteiger partial charge in [-0.2, -0.15) is 0 Å². The molecule has 1 rings (SSSR count). The van der Waals surface area contributed by atoms with E-state index in [2.05, 4.69) is 4.74 Å². The Morgan fingerprint density at radius 2 is 1.88 bits per heavy atom. The van der Waals surface area contributed by atoms with E-state index in [-0.39, 0.29) is 18.5 Å². The van der Waals surface area contributed by atoms with Crippen molar-refractivity contribution in [3.8, 4) is 5.75 Å². The summed E-state index contributed by atoms with van der Waals surface area (Å²) in [6.07, 6.45) is 0.122. The molecular formula is C13H18O4. The normalized spacial score (nSPS) is 11.9. The maximum atomic E-state index is 11.0. The van der Waals surface area contributed by atoms with E-state index in [0.717, 1.165) is 11.3 Å². The van der Waals surface area contributed by atoms with Gasteiger partial charge in [0.15, 0.2) is 0 Å². The van der Waals surface area contributed by atoms with Crippen molar-refractivity contribution in [2.45, 2.75) is 26.1 Å². The Kier molecular flexibility index (Phi) is 5.49. The fraction of sp³-hybridized carbons (Fsp3) is 0.462. The third-order valence-electron chi connectivity index (χ3n) is 2.38. The average molecular weight is 238 g/mol. The van der Waals surface area contributed by atoms with E-state index in [9.17, 15) is 4.79 Å². The van der Waals surface area contributed by atoms with Crippen molar-refractivity contribution in [1.29, 1.82) is 0 Å². The predicted octanol–water partition coefficient (Wildman–Crippen LogP) is 2.16. The first-order valence-electron chi connectivity index (χ1n) is 5.47. The highest BCUT2D eigenvalue weighted by Crippen LogP contribution is 2.13. The third-order valence-corrected chi connectivity index (χ3v) is 2.38. The van der Waals surface area contributed by atoms with E-state index in [1.165, 1.54) is 7.11 Å². The van der Waals surface area contributed by atoms with Crippen LogP contribution in [0.1, 0.15) is 18.9 Å². The van der Waals surface area contributed by atoms with Crippen molar-refractivity contribution >= 4 is 5.97 Å². The van der Waals surface area contributed by atoms with Gasteiger partial charge < -0.3 is 14.2 Å². The van der Waals surface area contributed by atoms with Crippen LogP contribution in [0.4, 0.5) is 0 Å². The first-order valence-corrected chi connectivity index (χ1v) is 5.47. The van der Waals surface area contributed by atoms with Crippen molar-refractivity contribution < 1.29 is 19.0 Å². The SMILES string of the molecule is COC(=O)C[C@@H](C)OCc1ccc(OC)cc1. The zero-order chi connectivity index (χ0) is 12.7. The number of hydrogen-bond donors (Lipinski definition) is 0. The van der Waals surface area contributed by atoms with Crippen molar-refractivity contribution in [2.24, 2.45) is 0 Å². The molecule has 0 unspecified atom stereocenters. The molecule has 1 atom stereocenters. The standard InChI is InChI=1S/C13H18O4/c1-10(8-13(14)16-3)17-9-11-4-6-12(15-2)7-5-11/h4-7,10H,8-9H2,1-3H3/t10-/m1/s1. The molecule has 0 amide bonds.